The van der Waals surface area contributed by atoms with Gasteiger partial charge in [0.2, 0.25) is 0 Å². The Morgan fingerprint density at radius 2 is 1.73 bits per heavy atom. The van der Waals surface area contributed by atoms with Gasteiger partial charge in [-0.05, 0) is 41.5 Å². The lowest BCUT2D eigenvalue weighted by Gasteiger charge is -2.30. The number of nitrogens with zero attached hydrogens (tertiary/aromatic N) is 2. The largest absolute Gasteiger partial charge is 0.348 e. The number of hydrogen-bond donors (Lipinski definition) is 0. The maximum Gasteiger partial charge on any atom is 0.188 e. The molecule has 2 aliphatic heterocycles. The maximum atomic E-state index is 6.04. The van der Waals surface area contributed by atoms with Crippen molar-refractivity contribution < 1.29 is 18.9 Å². The summed E-state index contributed by atoms with van der Waals surface area (Å²) in [5.41, 5.74) is 0.245. The third-order valence-electron chi connectivity index (χ3n) is 4.64. The van der Waals surface area contributed by atoms with Gasteiger partial charge in [0.1, 0.15) is 6.10 Å². The van der Waals surface area contributed by atoms with Gasteiger partial charge in [-0.3, -0.25) is 4.68 Å². The molecule has 0 amide bonds. The Hall–Kier alpha value is -0.950. The van der Waals surface area contributed by atoms with Gasteiger partial charge in [-0.25, -0.2) is 0 Å². The van der Waals surface area contributed by atoms with Crippen LogP contribution in [0.25, 0.3) is 0 Å². The van der Waals surface area contributed by atoms with Crippen molar-refractivity contribution in [1.82, 2.24) is 9.78 Å². The van der Waals surface area contributed by atoms with Gasteiger partial charge < -0.3 is 18.9 Å². The smallest absolute Gasteiger partial charge is 0.188 e. The van der Waals surface area contributed by atoms with Crippen LogP contribution in [0.4, 0.5) is 0 Å². The lowest BCUT2D eigenvalue weighted by Crippen LogP contribution is -2.41. The van der Waals surface area contributed by atoms with Crippen molar-refractivity contribution in [2.45, 2.75) is 77.5 Å². The fourth-order valence-corrected chi connectivity index (χ4v) is 2.64. The van der Waals surface area contributed by atoms with Crippen LogP contribution in [-0.4, -0.2) is 39.5 Å². The molecular weight excluding hydrogens is 284 g/mol. The normalized spacial score (nSPS) is 30.0. The molecule has 0 aromatic carbocycles. The summed E-state index contributed by atoms with van der Waals surface area (Å²) >= 11 is 0. The molecule has 0 aliphatic carbocycles. The molecule has 1 unspecified atom stereocenters. The lowest BCUT2D eigenvalue weighted by atomic mass is 9.90. The van der Waals surface area contributed by atoms with Gasteiger partial charge in [0.25, 0.3) is 0 Å². The molecule has 2 fully saturated rings. The van der Waals surface area contributed by atoms with Crippen LogP contribution in [0.15, 0.2) is 12.4 Å². The highest BCUT2D eigenvalue weighted by atomic mass is 16.8. The van der Waals surface area contributed by atoms with Crippen LogP contribution in [0, 0.1) is 0 Å². The molecule has 124 valence electrons. The molecule has 6 nitrogen and oxygen atoms in total. The van der Waals surface area contributed by atoms with Gasteiger partial charge in [0.05, 0.1) is 30.6 Å². The SMILES string of the molecule is CC1(C)OCC(Cn2cc(C3OC(C)(C)C(C)(C)O3)cn2)O1. The highest BCUT2D eigenvalue weighted by Crippen LogP contribution is 2.44. The van der Waals surface area contributed by atoms with Gasteiger partial charge in [0.15, 0.2) is 12.1 Å². The zero-order valence-corrected chi connectivity index (χ0v) is 14.3. The van der Waals surface area contributed by atoms with E-state index in [1.807, 2.05) is 52.4 Å². The number of rotatable bonds is 3. The predicted octanol–water partition coefficient (Wildman–Crippen LogP) is 2.64. The highest BCUT2D eigenvalue weighted by Gasteiger charge is 2.49. The molecule has 0 saturated carbocycles. The summed E-state index contributed by atoms with van der Waals surface area (Å²) in [7, 11) is 0. The van der Waals surface area contributed by atoms with Crippen LogP contribution in [0.3, 0.4) is 0 Å². The average Bonchev–Trinajstić information content (AvgIpc) is 2.99. The first-order chi connectivity index (χ1) is 10.1. The standard InChI is InChI=1S/C16H26N2O4/c1-14(2)15(3,4)22-13(21-14)11-7-17-18(8-11)9-12-10-19-16(5,6)20-12/h7-8,12-13H,9-10H2,1-6H3. The van der Waals surface area contributed by atoms with Gasteiger partial charge in [-0.1, -0.05) is 0 Å². The van der Waals surface area contributed by atoms with E-state index in [1.54, 1.807) is 6.20 Å². The van der Waals surface area contributed by atoms with E-state index in [0.29, 0.717) is 13.2 Å². The summed E-state index contributed by atoms with van der Waals surface area (Å²) in [5.74, 6) is -0.508. The topological polar surface area (TPSA) is 54.7 Å². The molecule has 0 bridgehead atoms. The van der Waals surface area contributed by atoms with E-state index in [4.69, 9.17) is 18.9 Å². The van der Waals surface area contributed by atoms with Crippen molar-refractivity contribution in [1.29, 1.82) is 0 Å². The second-order valence-electron chi connectivity index (χ2n) is 7.53. The summed E-state index contributed by atoms with van der Waals surface area (Å²) in [6.45, 7) is 13.3. The second kappa shape index (κ2) is 5.03. The first-order valence-corrected chi connectivity index (χ1v) is 7.78. The summed E-state index contributed by atoms with van der Waals surface area (Å²) in [4.78, 5) is 0. The molecule has 1 aromatic heterocycles. The van der Waals surface area contributed by atoms with E-state index >= 15 is 0 Å². The van der Waals surface area contributed by atoms with Gasteiger partial charge in [0, 0.05) is 11.8 Å². The van der Waals surface area contributed by atoms with Crippen LogP contribution in [0.2, 0.25) is 0 Å². The van der Waals surface area contributed by atoms with Crippen LogP contribution >= 0.6 is 0 Å². The molecule has 2 aliphatic rings. The Morgan fingerprint density at radius 1 is 1.09 bits per heavy atom. The number of aromatic nitrogens is 2. The molecule has 3 heterocycles. The van der Waals surface area contributed by atoms with Crippen LogP contribution in [0.1, 0.15) is 53.4 Å². The second-order valence-corrected chi connectivity index (χ2v) is 7.53. The minimum atomic E-state index is -0.508. The zero-order chi connectivity index (χ0) is 16.2. The number of ether oxygens (including phenoxy) is 4. The van der Waals surface area contributed by atoms with E-state index in [2.05, 4.69) is 5.10 Å². The van der Waals surface area contributed by atoms with Crippen molar-refractivity contribution in [3.63, 3.8) is 0 Å². The molecule has 2 saturated heterocycles. The Labute approximate surface area is 131 Å². The van der Waals surface area contributed by atoms with Gasteiger partial charge >= 0.3 is 0 Å². The number of hydrogen-bond acceptors (Lipinski definition) is 5. The summed E-state index contributed by atoms with van der Waals surface area (Å²) in [6.07, 6.45) is 3.39. The van der Waals surface area contributed by atoms with Crippen molar-refractivity contribution in [3.8, 4) is 0 Å². The quantitative estimate of drug-likeness (QED) is 0.859. The molecule has 0 radical (unpaired) electrons. The zero-order valence-electron chi connectivity index (χ0n) is 14.3. The molecular formula is C16H26N2O4. The molecule has 1 aromatic rings. The Bertz CT molecular complexity index is 534. The van der Waals surface area contributed by atoms with Crippen molar-refractivity contribution in [2.75, 3.05) is 6.61 Å². The van der Waals surface area contributed by atoms with Crippen molar-refractivity contribution in [2.24, 2.45) is 0 Å². The molecule has 6 heteroatoms. The molecule has 1 atom stereocenters. The van der Waals surface area contributed by atoms with Gasteiger partial charge in [-0.2, -0.15) is 5.10 Å². The van der Waals surface area contributed by atoms with Crippen LogP contribution in [-0.2, 0) is 25.5 Å². The van der Waals surface area contributed by atoms with E-state index in [9.17, 15) is 0 Å². The average molecular weight is 310 g/mol. The first kappa shape index (κ1) is 15.9. The van der Waals surface area contributed by atoms with Crippen LogP contribution < -0.4 is 0 Å². The fraction of sp³-hybridized carbons (Fsp3) is 0.812. The lowest BCUT2D eigenvalue weighted by molar-refractivity contribution is -0.139. The van der Waals surface area contributed by atoms with E-state index < -0.39 is 5.79 Å². The van der Waals surface area contributed by atoms with Crippen molar-refractivity contribution >= 4 is 0 Å². The molecule has 0 N–H and O–H groups in total. The summed E-state index contributed by atoms with van der Waals surface area (Å²) < 4.78 is 25.3. The summed E-state index contributed by atoms with van der Waals surface area (Å²) in [5, 5.41) is 4.39. The van der Waals surface area contributed by atoms with Crippen molar-refractivity contribution in [3.05, 3.63) is 18.0 Å². The van der Waals surface area contributed by atoms with E-state index in [-0.39, 0.29) is 23.6 Å². The maximum absolute atomic E-state index is 6.04. The van der Waals surface area contributed by atoms with E-state index in [1.165, 1.54) is 0 Å². The molecule has 3 rings (SSSR count). The molecule has 0 spiro atoms. The van der Waals surface area contributed by atoms with E-state index in [0.717, 1.165) is 5.56 Å². The minimum Gasteiger partial charge on any atom is -0.348 e. The molecule has 22 heavy (non-hydrogen) atoms. The third-order valence-corrected chi connectivity index (χ3v) is 4.64. The first-order valence-electron chi connectivity index (χ1n) is 7.78. The fourth-order valence-electron chi connectivity index (χ4n) is 2.64. The Kier molecular flexibility index (Phi) is 3.64. The third kappa shape index (κ3) is 2.93. The van der Waals surface area contributed by atoms with Gasteiger partial charge in [-0.15, -0.1) is 0 Å². The summed E-state index contributed by atoms with van der Waals surface area (Å²) in [6, 6.07) is 0. The van der Waals surface area contributed by atoms with Crippen LogP contribution in [0.5, 0.6) is 0 Å². The minimum absolute atomic E-state index is 0.0149. The predicted molar refractivity (Wildman–Crippen MR) is 80.2 cm³/mol. The Morgan fingerprint density at radius 3 is 2.27 bits per heavy atom. The highest BCUT2D eigenvalue weighted by molar-refractivity contribution is 5.10. The monoisotopic (exact) mass is 310 g/mol. The Balaban J connectivity index is 1.65.